The van der Waals surface area contributed by atoms with Crippen molar-refractivity contribution in [2.45, 2.75) is 39.0 Å². The molecule has 0 saturated carbocycles. The summed E-state index contributed by atoms with van der Waals surface area (Å²) < 4.78 is 18.4. The molecule has 1 aliphatic rings. The molecule has 48 heavy (non-hydrogen) atoms. The van der Waals surface area contributed by atoms with E-state index in [-0.39, 0.29) is 30.6 Å². The van der Waals surface area contributed by atoms with Crippen LogP contribution in [0.2, 0.25) is 5.02 Å². The van der Waals surface area contributed by atoms with E-state index in [4.69, 9.17) is 25.8 Å². The molecule has 0 spiro atoms. The van der Waals surface area contributed by atoms with Gasteiger partial charge in [0.25, 0.3) is 5.91 Å². The lowest BCUT2D eigenvalue weighted by Gasteiger charge is -2.29. The molecule has 1 N–H and O–H groups in total. The fourth-order valence-corrected chi connectivity index (χ4v) is 6.59. The highest BCUT2D eigenvalue weighted by Crippen LogP contribution is 2.31. The van der Waals surface area contributed by atoms with Crippen LogP contribution in [-0.4, -0.2) is 73.8 Å². The number of aromatic nitrogens is 1. The van der Waals surface area contributed by atoms with E-state index in [1.54, 1.807) is 42.0 Å². The summed E-state index contributed by atoms with van der Waals surface area (Å²) in [7, 11) is 1.57. The van der Waals surface area contributed by atoms with Gasteiger partial charge in [0.2, 0.25) is 5.91 Å². The number of ether oxygens (including phenoxy) is 3. The van der Waals surface area contributed by atoms with Crippen LogP contribution >= 0.6 is 23.4 Å². The molecule has 0 radical (unpaired) electrons. The third kappa shape index (κ3) is 9.26. The molecule has 0 aliphatic carbocycles. The molecule has 1 amide bonds. The van der Waals surface area contributed by atoms with E-state index in [0.29, 0.717) is 58.4 Å². The van der Waals surface area contributed by atoms with Gasteiger partial charge in [0.05, 0.1) is 31.4 Å². The summed E-state index contributed by atoms with van der Waals surface area (Å²) in [5.74, 6) is 1.52. The highest BCUT2D eigenvalue weighted by molar-refractivity contribution is 7.99. The average molecular weight is 692 g/mol. The first-order chi connectivity index (χ1) is 23.3. The van der Waals surface area contributed by atoms with E-state index in [0.717, 1.165) is 24.2 Å². The van der Waals surface area contributed by atoms with Gasteiger partial charge in [0.1, 0.15) is 18.1 Å². The molecule has 1 aromatic heterocycles. The van der Waals surface area contributed by atoms with Gasteiger partial charge in [-0.1, -0.05) is 17.7 Å². The second-order valence-corrected chi connectivity index (χ2v) is 13.2. The summed E-state index contributed by atoms with van der Waals surface area (Å²) in [4.78, 5) is 41.1. The van der Waals surface area contributed by atoms with Crippen LogP contribution in [-0.2, 0) is 20.7 Å². The van der Waals surface area contributed by atoms with Crippen molar-refractivity contribution in [2.24, 2.45) is 0 Å². The predicted molar refractivity (Wildman–Crippen MR) is 192 cm³/mol. The van der Waals surface area contributed by atoms with E-state index in [1.165, 1.54) is 36.7 Å². The van der Waals surface area contributed by atoms with Crippen LogP contribution in [0.4, 0.5) is 5.69 Å². The number of carbonyl (C=O) groups excluding carboxylic acids is 3. The zero-order chi connectivity index (χ0) is 33.9. The number of methoxy groups -OCH3 is 1. The summed E-state index contributed by atoms with van der Waals surface area (Å²) in [5, 5.41) is 4.20. The van der Waals surface area contributed by atoms with E-state index >= 15 is 0 Å². The Morgan fingerprint density at radius 1 is 0.938 bits per heavy atom. The Bertz CT molecular complexity index is 1720. The molecule has 1 aliphatic heterocycles. The second-order valence-electron chi connectivity index (χ2n) is 11.6. The van der Waals surface area contributed by atoms with Crippen LogP contribution in [0.25, 0.3) is 10.9 Å². The van der Waals surface area contributed by atoms with Crippen molar-refractivity contribution in [2.75, 3.05) is 56.4 Å². The minimum atomic E-state index is -0.412. The number of thioether (sulfide) groups is 1. The summed E-state index contributed by atoms with van der Waals surface area (Å²) in [5.41, 5.74) is 3.70. The second kappa shape index (κ2) is 17.3. The molecule has 1 saturated heterocycles. The summed E-state index contributed by atoms with van der Waals surface area (Å²) in [6, 6.07) is 20.3. The number of hydrogen-bond donors (Lipinski definition) is 1. The van der Waals surface area contributed by atoms with Gasteiger partial charge in [-0.25, -0.2) is 0 Å². The standard InChI is InChI=1S/C37H42ClN3O6S/c1-26-32(33-23-30(45-2)14-15-34(33)41(26)37(44)27-10-12-28(38)13-11-27)24-36(43)47-20-21-48-25-35(42)39-16-7-19-46-31-9-6-8-29(22-31)40-17-4-3-5-18-40/h6,8-15,22-23H,3-5,7,16-21,24-25H2,1-2H3,(H,39,42). The molecule has 3 aromatic carbocycles. The number of carbonyl (C=O) groups is 3. The minimum Gasteiger partial charge on any atom is -0.497 e. The Morgan fingerprint density at radius 3 is 2.50 bits per heavy atom. The molecule has 4 aromatic rings. The molecule has 5 rings (SSSR count). The molecular weight excluding hydrogens is 650 g/mol. The fraction of sp³-hybridized carbons (Fsp3) is 0.378. The number of amides is 1. The first kappa shape index (κ1) is 35.2. The number of benzene rings is 3. The first-order valence-electron chi connectivity index (χ1n) is 16.3. The molecule has 0 atom stereocenters. The van der Waals surface area contributed by atoms with Crippen LogP contribution in [0, 0.1) is 6.92 Å². The zero-order valence-electron chi connectivity index (χ0n) is 27.5. The van der Waals surface area contributed by atoms with Crippen molar-refractivity contribution in [1.82, 2.24) is 9.88 Å². The number of esters is 1. The van der Waals surface area contributed by atoms with Gasteiger partial charge < -0.3 is 24.4 Å². The first-order valence-corrected chi connectivity index (χ1v) is 17.8. The third-order valence-corrected chi connectivity index (χ3v) is 9.51. The maximum atomic E-state index is 13.5. The average Bonchev–Trinajstić information content (AvgIpc) is 3.38. The number of piperidine rings is 1. The summed E-state index contributed by atoms with van der Waals surface area (Å²) >= 11 is 7.42. The van der Waals surface area contributed by atoms with E-state index < -0.39 is 5.97 Å². The Morgan fingerprint density at radius 2 is 1.73 bits per heavy atom. The summed E-state index contributed by atoms with van der Waals surface area (Å²) in [6.45, 7) is 5.22. The predicted octanol–water partition coefficient (Wildman–Crippen LogP) is 6.69. The lowest BCUT2D eigenvalue weighted by molar-refractivity contribution is -0.142. The third-order valence-electron chi connectivity index (χ3n) is 8.33. The smallest absolute Gasteiger partial charge is 0.310 e. The molecule has 1 fully saturated rings. The maximum Gasteiger partial charge on any atom is 0.310 e. The fourth-order valence-electron chi connectivity index (χ4n) is 5.83. The van der Waals surface area contributed by atoms with E-state index in [2.05, 4.69) is 22.3 Å². The number of halogens is 1. The van der Waals surface area contributed by atoms with E-state index in [1.807, 2.05) is 31.2 Å². The van der Waals surface area contributed by atoms with Gasteiger partial charge in [-0.2, -0.15) is 0 Å². The van der Waals surface area contributed by atoms with Crippen LogP contribution in [0.5, 0.6) is 11.5 Å². The van der Waals surface area contributed by atoms with Crippen LogP contribution in [0.15, 0.2) is 66.7 Å². The lowest BCUT2D eigenvalue weighted by Crippen LogP contribution is -2.29. The largest absolute Gasteiger partial charge is 0.497 e. The zero-order valence-corrected chi connectivity index (χ0v) is 29.0. The van der Waals surface area contributed by atoms with Gasteiger partial charge in [-0.05, 0) is 92.8 Å². The Balaban J connectivity index is 1.03. The van der Waals surface area contributed by atoms with Gasteiger partial charge in [0, 0.05) is 58.8 Å². The van der Waals surface area contributed by atoms with Gasteiger partial charge >= 0.3 is 5.97 Å². The Hall–Kier alpha value is -4.15. The van der Waals surface area contributed by atoms with Crippen molar-refractivity contribution in [1.29, 1.82) is 0 Å². The normalized spacial score (nSPS) is 12.9. The van der Waals surface area contributed by atoms with Crippen LogP contribution < -0.4 is 19.7 Å². The molecule has 11 heteroatoms. The molecule has 0 bridgehead atoms. The topological polar surface area (TPSA) is 99.1 Å². The molecule has 9 nitrogen and oxygen atoms in total. The van der Waals surface area contributed by atoms with Gasteiger partial charge in [0.15, 0.2) is 0 Å². The van der Waals surface area contributed by atoms with Gasteiger partial charge in [-0.3, -0.25) is 19.0 Å². The number of nitrogens with zero attached hydrogens (tertiary/aromatic N) is 2. The Kier molecular flexibility index (Phi) is 12.7. The Labute approximate surface area is 290 Å². The number of fused-ring (bicyclic) bond motifs is 1. The molecule has 254 valence electrons. The highest BCUT2D eigenvalue weighted by atomic mass is 35.5. The lowest BCUT2D eigenvalue weighted by atomic mass is 10.1. The van der Waals surface area contributed by atoms with Crippen LogP contribution in [0.3, 0.4) is 0 Å². The molecule has 2 heterocycles. The molecular formula is C37H42ClN3O6S. The SMILES string of the molecule is COc1ccc2c(c1)c(CC(=O)OCCSCC(=O)NCCCOc1cccc(N3CCCCC3)c1)c(C)n2C(=O)c1ccc(Cl)cc1. The summed E-state index contributed by atoms with van der Waals surface area (Å²) in [6.07, 6.45) is 4.45. The number of rotatable bonds is 15. The van der Waals surface area contributed by atoms with E-state index in [9.17, 15) is 14.4 Å². The highest BCUT2D eigenvalue weighted by Gasteiger charge is 2.22. The molecule has 0 unspecified atom stereocenters. The van der Waals surface area contributed by atoms with Crippen molar-refractivity contribution < 1.29 is 28.6 Å². The maximum absolute atomic E-state index is 13.5. The number of nitrogens with one attached hydrogen (secondary N) is 1. The van der Waals surface area contributed by atoms with Crippen LogP contribution in [0.1, 0.15) is 47.3 Å². The van der Waals surface area contributed by atoms with Crippen molar-refractivity contribution in [3.8, 4) is 11.5 Å². The van der Waals surface area contributed by atoms with Crippen molar-refractivity contribution in [3.63, 3.8) is 0 Å². The quantitative estimate of drug-likeness (QED) is 0.109. The monoisotopic (exact) mass is 691 g/mol. The number of anilines is 1. The van der Waals surface area contributed by atoms with Gasteiger partial charge in [-0.15, -0.1) is 11.8 Å². The minimum absolute atomic E-state index is 0.00777. The van der Waals surface area contributed by atoms with Crippen molar-refractivity contribution in [3.05, 3.63) is 88.6 Å². The number of hydrogen-bond acceptors (Lipinski definition) is 8. The van der Waals surface area contributed by atoms with Crippen molar-refractivity contribution >= 4 is 57.7 Å².